The fourth-order valence-electron chi connectivity index (χ4n) is 0.778. The van der Waals surface area contributed by atoms with Crippen LogP contribution in [-0.4, -0.2) is 11.7 Å². The van der Waals surface area contributed by atoms with Gasteiger partial charge < -0.3 is 5.73 Å². The molecule has 0 aliphatic heterocycles. The summed E-state index contributed by atoms with van der Waals surface area (Å²) in [5, 5.41) is 0. The van der Waals surface area contributed by atoms with Crippen LogP contribution in [0.25, 0.3) is 0 Å². The molecule has 0 spiro atoms. The number of nitrogens with two attached hydrogens (primary N) is 1. The normalized spacial score (nSPS) is 15.0. The lowest BCUT2D eigenvalue weighted by atomic mass is 10.2. The average molecular weight is 235 g/mol. The molecular formula is C6H14Cl3NSi. The van der Waals surface area contributed by atoms with Crippen molar-refractivity contribution in [2.75, 3.05) is 0 Å². The van der Waals surface area contributed by atoms with Crippen LogP contribution >= 0.6 is 33.2 Å². The van der Waals surface area contributed by atoms with Crippen LogP contribution in [0.4, 0.5) is 0 Å². The summed E-state index contributed by atoms with van der Waals surface area (Å²) in [5.41, 5.74) is 5.46. The summed E-state index contributed by atoms with van der Waals surface area (Å²) in [6.45, 7) is 2.14. The van der Waals surface area contributed by atoms with Crippen molar-refractivity contribution in [1.82, 2.24) is 0 Å². The van der Waals surface area contributed by atoms with Crippen molar-refractivity contribution in [3.05, 3.63) is 0 Å². The quantitative estimate of drug-likeness (QED) is 0.442. The summed E-state index contributed by atoms with van der Waals surface area (Å²) >= 11 is 17.1. The van der Waals surface area contributed by atoms with Gasteiger partial charge in [0.2, 0.25) is 0 Å². The van der Waals surface area contributed by atoms with Crippen LogP contribution in [0.1, 0.15) is 32.6 Å². The van der Waals surface area contributed by atoms with Gasteiger partial charge in [0.1, 0.15) is 0 Å². The first-order chi connectivity index (χ1) is 4.98. The Labute approximate surface area is 83.3 Å². The highest BCUT2D eigenvalue weighted by atomic mass is 35.8. The SMILES string of the molecule is CCCCCC(N)[Si](Cl)(Cl)Cl. The van der Waals surface area contributed by atoms with Gasteiger partial charge >= 0.3 is 6.00 Å². The molecule has 0 aliphatic carbocycles. The number of unbranched alkanes of at least 4 members (excludes halogenated alkanes) is 2. The molecule has 0 heterocycles. The molecule has 0 fully saturated rings. The smallest absolute Gasteiger partial charge is 0.327 e. The molecule has 0 saturated heterocycles. The molecule has 11 heavy (non-hydrogen) atoms. The van der Waals surface area contributed by atoms with Crippen molar-refractivity contribution in [3.8, 4) is 0 Å². The molecule has 0 saturated carbocycles. The fourth-order valence-corrected chi connectivity index (χ4v) is 2.29. The van der Waals surface area contributed by atoms with Gasteiger partial charge in [-0.25, -0.2) is 0 Å². The first-order valence-electron chi connectivity index (χ1n) is 3.80. The summed E-state index contributed by atoms with van der Waals surface area (Å²) in [6.07, 6.45) is 4.26. The maximum absolute atomic E-state index is 5.71. The second-order valence-electron chi connectivity index (χ2n) is 2.64. The minimum atomic E-state index is -2.62. The number of hydrogen-bond donors (Lipinski definition) is 1. The van der Waals surface area contributed by atoms with Crippen LogP contribution in [-0.2, 0) is 0 Å². The van der Waals surface area contributed by atoms with Crippen molar-refractivity contribution in [2.24, 2.45) is 5.73 Å². The Balaban J connectivity index is 3.44. The van der Waals surface area contributed by atoms with Crippen LogP contribution in [0, 0.1) is 0 Å². The molecule has 1 unspecified atom stereocenters. The van der Waals surface area contributed by atoms with Crippen LogP contribution in [0.2, 0.25) is 0 Å². The highest BCUT2D eigenvalue weighted by Crippen LogP contribution is 2.25. The van der Waals surface area contributed by atoms with Crippen molar-refractivity contribution in [1.29, 1.82) is 0 Å². The summed E-state index contributed by atoms with van der Waals surface area (Å²) in [7, 11) is 0. The molecule has 0 aromatic carbocycles. The maximum atomic E-state index is 5.71. The monoisotopic (exact) mass is 233 g/mol. The van der Waals surface area contributed by atoms with E-state index in [9.17, 15) is 0 Å². The van der Waals surface area contributed by atoms with Crippen LogP contribution in [0.3, 0.4) is 0 Å². The van der Waals surface area contributed by atoms with E-state index in [-0.39, 0.29) is 5.67 Å². The predicted octanol–water partition coefficient (Wildman–Crippen LogP) is 3.09. The van der Waals surface area contributed by atoms with Crippen LogP contribution in [0.5, 0.6) is 0 Å². The van der Waals surface area contributed by atoms with Crippen molar-refractivity contribution in [2.45, 2.75) is 38.3 Å². The predicted molar refractivity (Wildman–Crippen MR) is 55.4 cm³/mol. The molecule has 1 nitrogen and oxygen atoms in total. The molecule has 0 radical (unpaired) electrons. The molecule has 0 aromatic rings. The molecule has 0 aliphatic rings. The second kappa shape index (κ2) is 5.65. The van der Waals surface area contributed by atoms with E-state index in [1.165, 1.54) is 12.8 Å². The van der Waals surface area contributed by atoms with Gasteiger partial charge in [0.15, 0.2) is 0 Å². The van der Waals surface area contributed by atoms with Crippen LogP contribution in [0.15, 0.2) is 0 Å². The van der Waals surface area contributed by atoms with Gasteiger partial charge in [0, 0.05) is 5.67 Å². The highest BCUT2D eigenvalue weighted by Gasteiger charge is 2.33. The zero-order chi connectivity index (χ0) is 8.91. The van der Waals surface area contributed by atoms with Gasteiger partial charge in [-0.15, -0.1) is 33.2 Å². The molecular weight excluding hydrogens is 221 g/mol. The highest BCUT2D eigenvalue weighted by molar-refractivity contribution is 7.65. The lowest BCUT2D eigenvalue weighted by molar-refractivity contribution is 0.646. The minimum Gasteiger partial charge on any atom is -0.327 e. The van der Waals surface area contributed by atoms with E-state index < -0.39 is 6.00 Å². The molecule has 0 aromatic heterocycles. The number of rotatable bonds is 5. The van der Waals surface area contributed by atoms with Crippen molar-refractivity contribution >= 4 is 39.2 Å². The zero-order valence-corrected chi connectivity index (χ0v) is 9.88. The third kappa shape index (κ3) is 6.23. The molecule has 5 heteroatoms. The first-order valence-corrected chi connectivity index (χ1v) is 8.92. The Bertz CT molecular complexity index is 104. The third-order valence-corrected chi connectivity index (χ3v) is 5.19. The minimum absolute atomic E-state index is 0.195. The summed E-state index contributed by atoms with van der Waals surface area (Å²) in [4.78, 5) is 0. The van der Waals surface area contributed by atoms with E-state index >= 15 is 0 Å². The third-order valence-electron chi connectivity index (χ3n) is 1.54. The molecule has 2 N–H and O–H groups in total. The molecule has 0 amide bonds. The van der Waals surface area contributed by atoms with Crippen molar-refractivity contribution < 1.29 is 0 Å². The Morgan fingerprint density at radius 3 is 2.18 bits per heavy atom. The van der Waals surface area contributed by atoms with E-state index in [2.05, 4.69) is 6.92 Å². The van der Waals surface area contributed by atoms with Gasteiger partial charge in [-0.2, -0.15) is 0 Å². The Morgan fingerprint density at radius 2 is 1.82 bits per heavy atom. The molecule has 0 bridgehead atoms. The number of halogens is 3. The second-order valence-corrected chi connectivity index (χ2v) is 11.6. The number of hydrogen-bond acceptors (Lipinski definition) is 1. The standard InChI is InChI=1S/C6H14Cl3NSi/c1-2-3-4-5-6(10)11(7,8)9/h6H,2-5,10H2,1H3. The first kappa shape index (κ1) is 12.0. The topological polar surface area (TPSA) is 26.0 Å². The zero-order valence-electron chi connectivity index (χ0n) is 6.62. The molecule has 0 rings (SSSR count). The van der Waals surface area contributed by atoms with Gasteiger partial charge in [0.25, 0.3) is 0 Å². The van der Waals surface area contributed by atoms with E-state index in [4.69, 9.17) is 39.0 Å². The molecule has 68 valence electrons. The lowest BCUT2D eigenvalue weighted by Crippen LogP contribution is -2.39. The maximum Gasteiger partial charge on any atom is 0.357 e. The Kier molecular flexibility index (Phi) is 6.19. The van der Waals surface area contributed by atoms with E-state index in [1.807, 2.05) is 0 Å². The van der Waals surface area contributed by atoms with Gasteiger partial charge in [-0.05, 0) is 6.42 Å². The molecule has 1 atom stereocenters. The van der Waals surface area contributed by atoms with Gasteiger partial charge in [-0.1, -0.05) is 26.2 Å². The van der Waals surface area contributed by atoms with Crippen LogP contribution < -0.4 is 5.73 Å². The summed E-state index contributed by atoms with van der Waals surface area (Å²) < 4.78 is 0. The Morgan fingerprint density at radius 1 is 1.27 bits per heavy atom. The lowest BCUT2D eigenvalue weighted by Gasteiger charge is -2.16. The Hall–Kier alpha value is 1.05. The fraction of sp³-hybridized carbons (Fsp3) is 1.00. The largest absolute Gasteiger partial charge is 0.357 e. The van der Waals surface area contributed by atoms with E-state index in [0.29, 0.717) is 0 Å². The average Bonchev–Trinajstić information content (AvgIpc) is 1.86. The summed E-state index contributed by atoms with van der Waals surface area (Å²) in [6, 6.07) is -2.62. The van der Waals surface area contributed by atoms with Crippen molar-refractivity contribution in [3.63, 3.8) is 0 Å². The van der Waals surface area contributed by atoms with E-state index in [1.54, 1.807) is 0 Å². The van der Waals surface area contributed by atoms with Gasteiger partial charge in [0.05, 0.1) is 0 Å². The van der Waals surface area contributed by atoms with Gasteiger partial charge in [-0.3, -0.25) is 0 Å². The summed E-state index contributed by atoms with van der Waals surface area (Å²) in [5.74, 6) is 0. The van der Waals surface area contributed by atoms with E-state index in [0.717, 1.165) is 12.8 Å².